The first kappa shape index (κ1) is 19.7. The van der Waals surface area contributed by atoms with Crippen molar-refractivity contribution in [1.29, 1.82) is 5.26 Å². The van der Waals surface area contributed by atoms with Crippen LogP contribution in [0.15, 0.2) is 28.1 Å². The van der Waals surface area contributed by atoms with Crippen LogP contribution in [-0.4, -0.2) is 28.5 Å². The maximum Gasteiger partial charge on any atom is 0.342 e. The summed E-state index contributed by atoms with van der Waals surface area (Å²) in [6.45, 7) is 3.77. The third-order valence-electron chi connectivity index (χ3n) is 3.81. The molecule has 1 aliphatic heterocycles. The number of rotatable bonds is 4. The molecule has 0 atom stereocenters. The van der Waals surface area contributed by atoms with Crippen LogP contribution in [-0.2, 0) is 0 Å². The molecule has 1 aromatic heterocycles. The molecule has 0 fully saturated rings. The van der Waals surface area contributed by atoms with Crippen molar-refractivity contribution in [3.05, 3.63) is 44.2 Å². The molecular weight excluding hydrogens is 407 g/mol. The van der Waals surface area contributed by atoms with Crippen LogP contribution in [0.3, 0.4) is 0 Å². The highest BCUT2D eigenvalue weighted by Gasteiger charge is 2.24. The number of carbonyl (C=O) groups is 1. The van der Waals surface area contributed by atoms with E-state index in [1.807, 2.05) is 19.9 Å². The molecule has 0 aliphatic carbocycles. The van der Waals surface area contributed by atoms with Gasteiger partial charge in [-0.15, -0.1) is 5.10 Å². The highest BCUT2D eigenvalue weighted by atomic mass is 35.5. The number of anilines is 1. The summed E-state index contributed by atoms with van der Waals surface area (Å²) in [4.78, 5) is 23.8. The van der Waals surface area contributed by atoms with E-state index < -0.39 is 6.03 Å². The first-order chi connectivity index (χ1) is 13.3. The maximum atomic E-state index is 12.0. The average Bonchev–Trinajstić information content (AvgIpc) is 2.66. The fourth-order valence-electron chi connectivity index (χ4n) is 2.43. The number of hydrogen-bond acceptors (Lipinski definition) is 6. The minimum Gasteiger partial charge on any atom is -0.434 e. The molecule has 0 saturated carbocycles. The van der Waals surface area contributed by atoms with Gasteiger partial charge in [-0.25, -0.2) is 9.89 Å². The van der Waals surface area contributed by atoms with Gasteiger partial charge in [-0.3, -0.25) is 4.79 Å². The zero-order valence-corrected chi connectivity index (χ0v) is 16.3. The second-order valence-electron chi connectivity index (χ2n) is 6.11. The second kappa shape index (κ2) is 7.88. The van der Waals surface area contributed by atoms with Crippen LogP contribution in [0.2, 0.25) is 10.0 Å². The van der Waals surface area contributed by atoms with Gasteiger partial charge >= 0.3 is 6.03 Å². The van der Waals surface area contributed by atoms with Crippen molar-refractivity contribution < 1.29 is 9.53 Å². The predicted octanol–water partition coefficient (Wildman–Crippen LogP) is 3.40. The van der Waals surface area contributed by atoms with Crippen molar-refractivity contribution in [2.24, 2.45) is 5.10 Å². The number of nitrogens with one attached hydrogen (secondary N) is 2. The third kappa shape index (κ3) is 3.93. The molecular formula is C17H14Cl2N6O3. The van der Waals surface area contributed by atoms with Gasteiger partial charge in [-0.05, 0) is 18.1 Å². The van der Waals surface area contributed by atoms with E-state index in [4.69, 9.17) is 33.2 Å². The number of H-pyrrole nitrogens is 1. The van der Waals surface area contributed by atoms with E-state index >= 15 is 0 Å². The highest BCUT2D eigenvalue weighted by Crippen LogP contribution is 2.39. The lowest BCUT2D eigenvalue weighted by molar-refractivity contribution is 0.247. The summed E-state index contributed by atoms with van der Waals surface area (Å²) in [6.07, 6.45) is 0. The number of aromatic amines is 1. The number of nitrogens with zero attached hydrogens (tertiary/aromatic N) is 4. The van der Waals surface area contributed by atoms with E-state index in [1.165, 1.54) is 18.2 Å². The summed E-state index contributed by atoms with van der Waals surface area (Å²) in [7, 11) is 0. The summed E-state index contributed by atoms with van der Waals surface area (Å²) >= 11 is 12.5. The van der Waals surface area contributed by atoms with Gasteiger partial charge in [0.25, 0.3) is 5.56 Å². The Bertz CT molecular complexity index is 1050. The van der Waals surface area contributed by atoms with E-state index in [-0.39, 0.29) is 51.1 Å². The van der Waals surface area contributed by atoms with Crippen molar-refractivity contribution in [2.45, 2.75) is 19.8 Å². The fourth-order valence-corrected chi connectivity index (χ4v) is 2.98. The smallest absolute Gasteiger partial charge is 0.342 e. The lowest BCUT2D eigenvalue weighted by atomic mass is 10.1. The molecule has 0 unspecified atom stereocenters. The molecule has 1 aromatic carbocycles. The van der Waals surface area contributed by atoms with Crippen molar-refractivity contribution in [3.63, 3.8) is 0 Å². The Hall–Kier alpha value is -3.09. The zero-order chi connectivity index (χ0) is 20.4. The Labute approximate surface area is 169 Å². The molecule has 2 heterocycles. The molecule has 144 valence electrons. The largest absolute Gasteiger partial charge is 0.434 e. The summed E-state index contributed by atoms with van der Waals surface area (Å²) < 4.78 is 5.64. The first-order valence-corrected chi connectivity index (χ1v) is 8.87. The highest BCUT2D eigenvalue weighted by molar-refractivity contribution is 6.37. The molecule has 11 heteroatoms. The number of benzene rings is 1. The Balaban J connectivity index is 1.95. The Kier molecular flexibility index (Phi) is 5.53. The van der Waals surface area contributed by atoms with Crippen molar-refractivity contribution in [1.82, 2.24) is 15.5 Å². The minimum atomic E-state index is -0.524. The number of urea groups is 1. The van der Waals surface area contributed by atoms with Crippen LogP contribution < -0.4 is 20.6 Å². The lowest BCUT2D eigenvalue weighted by Gasteiger charge is -2.23. The maximum absolute atomic E-state index is 12.0. The first-order valence-electron chi connectivity index (χ1n) is 8.12. The Morgan fingerprint density at radius 2 is 1.93 bits per heavy atom. The van der Waals surface area contributed by atoms with Crippen LogP contribution in [0, 0.1) is 11.3 Å². The van der Waals surface area contributed by atoms with Gasteiger partial charge in [0.15, 0.2) is 11.5 Å². The number of ether oxygens (including phenoxy) is 1. The zero-order valence-electron chi connectivity index (χ0n) is 14.8. The molecule has 0 radical (unpaired) electrons. The second-order valence-corrected chi connectivity index (χ2v) is 6.93. The van der Waals surface area contributed by atoms with Crippen molar-refractivity contribution >= 4 is 40.6 Å². The molecule has 2 amide bonds. The van der Waals surface area contributed by atoms with Crippen molar-refractivity contribution in [2.75, 3.05) is 11.6 Å². The van der Waals surface area contributed by atoms with E-state index in [9.17, 15) is 9.59 Å². The van der Waals surface area contributed by atoms with Gasteiger partial charge in [0.05, 0.1) is 22.3 Å². The van der Waals surface area contributed by atoms with Gasteiger partial charge in [0.1, 0.15) is 6.07 Å². The number of hydrazone groups is 1. The molecule has 0 saturated heterocycles. The Morgan fingerprint density at radius 3 is 2.54 bits per heavy atom. The minimum absolute atomic E-state index is 0.0350. The topological polar surface area (TPSA) is 123 Å². The van der Waals surface area contributed by atoms with Gasteiger partial charge in [-0.1, -0.05) is 37.0 Å². The van der Waals surface area contributed by atoms with E-state index in [1.54, 1.807) is 0 Å². The molecule has 0 spiro atoms. The summed E-state index contributed by atoms with van der Waals surface area (Å²) in [5.74, 6) is 0.177. The van der Waals surface area contributed by atoms with Crippen molar-refractivity contribution in [3.8, 4) is 17.7 Å². The monoisotopic (exact) mass is 420 g/mol. The van der Waals surface area contributed by atoms with Gasteiger partial charge in [-0.2, -0.15) is 15.4 Å². The predicted molar refractivity (Wildman–Crippen MR) is 104 cm³/mol. The van der Waals surface area contributed by atoms with E-state index in [2.05, 4.69) is 20.6 Å². The number of halogens is 2. The van der Waals surface area contributed by atoms with Crippen LogP contribution in [0.1, 0.15) is 25.3 Å². The molecule has 28 heavy (non-hydrogen) atoms. The molecule has 2 aromatic rings. The van der Waals surface area contributed by atoms with Crippen LogP contribution in [0.25, 0.3) is 0 Å². The molecule has 0 bridgehead atoms. The number of amides is 2. The number of carbonyl (C=O) groups excluding carboxylic acids is 1. The average molecular weight is 421 g/mol. The summed E-state index contributed by atoms with van der Waals surface area (Å²) in [5, 5.41) is 22.8. The number of aromatic nitrogens is 2. The molecule has 9 nitrogen and oxygen atoms in total. The van der Waals surface area contributed by atoms with E-state index in [0.717, 1.165) is 5.01 Å². The SMILES string of the molecule is CC(C)c1cc(Oc2c(Cl)cc(N3N=C(C#N)CNC3=O)cc2Cl)n[nH]c1=O. The Morgan fingerprint density at radius 1 is 1.25 bits per heavy atom. The van der Waals surface area contributed by atoms with Gasteiger partial charge in [0, 0.05) is 11.6 Å². The molecule has 3 rings (SSSR count). The lowest BCUT2D eigenvalue weighted by Crippen LogP contribution is -2.44. The number of nitriles is 1. The molecule has 2 N–H and O–H groups in total. The van der Waals surface area contributed by atoms with Crippen LogP contribution in [0.4, 0.5) is 10.5 Å². The fraction of sp³-hybridized carbons (Fsp3) is 0.235. The summed E-state index contributed by atoms with van der Waals surface area (Å²) in [6, 6.07) is 5.70. The van der Waals surface area contributed by atoms with E-state index in [0.29, 0.717) is 5.56 Å². The number of hydrogen-bond donors (Lipinski definition) is 2. The third-order valence-corrected chi connectivity index (χ3v) is 4.38. The normalized spacial score (nSPS) is 13.8. The van der Waals surface area contributed by atoms with Gasteiger partial charge in [0.2, 0.25) is 5.88 Å². The van der Waals surface area contributed by atoms with Crippen LogP contribution in [0.5, 0.6) is 11.6 Å². The molecule has 1 aliphatic rings. The standard InChI is InChI=1S/C17H14Cl2N6O3/c1-8(2)11-5-14(22-23-16(11)26)28-15-12(18)3-10(4-13(15)19)25-17(27)21-7-9(6-20)24-25/h3-5,8H,7H2,1-2H3,(H,21,27)(H,23,26). The summed E-state index contributed by atoms with van der Waals surface area (Å²) in [5.41, 5.74) is 0.574. The quantitative estimate of drug-likeness (QED) is 0.783. The van der Waals surface area contributed by atoms with Gasteiger partial charge < -0.3 is 10.1 Å². The van der Waals surface area contributed by atoms with Crippen LogP contribution >= 0.6 is 23.2 Å².